The summed E-state index contributed by atoms with van der Waals surface area (Å²) < 4.78 is 3.77. The van der Waals surface area contributed by atoms with Gasteiger partial charge in [-0.05, 0) is 63.9 Å². The van der Waals surface area contributed by atoms with E-state index >= 15 is 0 Å². The molecule has 0 spiro atoms. The summed E-state index contributed by atoms with van der Waals surface area (Å²) in [4.78, 5) is 4.41. The lowest BCUT2D eigenvalue weighted by Gasteiger charge is -2.32. The Morgan fingerprint density at radius 2 is 1.56 bits per heavy atom. The summed E-state index contributed by atoms with van der Waals surface area (Å²) in [6, 6.07) is 32.7. The Kier molecular flexibility index (Phi) is 5.92. The van der Waals surface area contributed by atoms with E-state index in [2.05, 4.69) is 76.0 Å². The van der Waals surface area contributed by atoms with Crippen LogP contribution in [0.2, 0.25) is 5.02 Å². The molecule has 4 aromatic carbocycles. The van der Waals surface area contributed by atoms with Gasteiger partial charge in [-0.15, -0.1) is 5.10 Å². The molecule has 200 valence electrons. The van der Waals surface area contributed by atoms with Gasteiger partial charge in [0.15, 0.2) is 5.65 Å². The van der Waals surface area contributed by atoms with E-state index in [4.69, 9.17) is 17.3 Å². The fraction of sp³-hybridized carbons (Fsp3) is 0.0909. The normalized spacial score (nSPS) is 13.1. The number of nitrogens with zero attached hydrogens (tertiary/aromatic N) is 6. The van der Waals surface area contributed by atoms with Gasteiger partial charge in [0.1, 0.15) is 5.54 Å². The van der Waals surface area contributed by atoms with E-state index in [1.165, 1.54) is 0 Å². The molecule has 0 aliphatic carbocycles. The molecule has 7 aromatic rings. The quantitative estimate of drug-likeness (QED) is 0.260. The van der Waals surface area contributed by atoms with Crippen molar-refractivity contribution in [1.82, 2.24) is 29.6 Å². The predicted molar refractivity (Wildman–Crippen MR) is 163 cm³/mol. The number of benzene rings is 4. The lowest BCUT2D eigenvalue weighted by molar-refractivity contribution is 0.596. The fourth-order valence-electron chi connectivity index (χ4n) is 5.81. The summed E-state index contributed by atoms with van der Waals surface area (Å²) in [6.45, 7) is 2.10. The van der Waals surface area contributed by atoms with Gasteiger partial charge in [0.25, 0.3) is 0 Å². The van der Waals surface area contributed by atoms with Crippen molar-refractivity contribution in [3.63, 3.8) is 0 Å². The SMILES string of the molecule is Cc1cccc(-c2c(-c3ccccc3)c3nnnn3c3ccc(C(N)(c4ccc(Cl)cc4)c4cncn4C)cc23)c1. The highest BCUT2D eigenvalue weighted by molar-refractivity contribution is 6.30. The van der Waals surface area contributed by atoms with Crippen molar-refractivity contribution in [2.45, 2.75) is 12.5 Å². The monoisotopic (exact) mass is 555 g/mol. The van der Waals surface area contributed by atoms with Crippen molar-refractivity contribution < 1.29 is 0 Å². The molecule has 1 atom stereocenters. The van der Waals surface area contributed by atoms with Crippen LogP contribution in [-0.4, -0.2) is 29.6 Å². The van der Waals surface area contributed by atoms with Crippen molar-refractivity contribution in [2.75, 3.05) is 0 Å². The van der Waals surface area contributed by atoms with E-state index in [0.29, 0.717) is 10.7 Å². The number of hydrogen-bond donors (Lipinski definition) is 1. The van der Waals surface area contributed by atoms with Gasteiger partial charge in [0, 0.05) is 28.6 Å². The summed E-state index contributed by atoms with van der Waals surface area (Å²) in [7, 11) is 1.96. The Labute approximate surface area is 241 Å². The highest BCUT2D eigenvalue weighted by Crippen LogP contribution is 2.43. The Hall–Kier alpha value is -4.85. The van der Waals surface area contributed by atoms with Crippen LogP contribution >= 0.6 is 11.6 Å². The zero-order chi connectivity index (χ0) is 28.1. The van der Waals surface area contributed by atoms with E-state index in [1.54, 1.807) is 6.33 Å². The van der Waals surface area contributed by atoms with Crippen LogP contribution in [-0.2, 0) is 12.6 Å². The second kappa shape index (κ2) is 9.66. The summed E-state index contributed by atoms with van der Waals surface area (Å²) in [5.41, 5.74) is 15.9. The lowest BCUT2D eigenvalue weighted by Crippen LogP contribution is -2.40. The molecule has 41 heavy (non-hydrogen) atoms. The first-order valence-electron chi connectivity index (χ1n) is 13.3. The second-order valence-electron chi connectivity index (χ2n) is 10.3. The average molecular weight is 556 g/mol. The molecule has 0 amide bonds. The Morgan fingerprint density at radius 1 is 0.805 bits per heavy atom. The van der Waals surface area contributed by atoms with Gasteiger partial charge >= 0.3 is 0 Å². The van der Waals surface area contributed by atoms with Crippen LogP contribution in [0.1, 0.15) is 22.4 Å². The molecular formula is C33H26ClN7. The van der Waals surface area contributed by atoms with E-state index in [1.807, 2.05) is 70.9 Å². The minimum atomic E-state index is -1.02. The van der Waals surface area contributed by atoms with Gasteiger partial charge in [-0.2, -0.15) is 4.52 Å². The molecule has 0 aliphatic heterocycles. The third kappa shape index (κ3) is 4.01. The maximum absolute atomic E-state index is 7.45. The summed E-state index contributed by atoms with van der Waals surface area (Å²) in [5.74, 6) is 0. The molecule has 8 heteroatoms. The number of hydrogen-bond acceptors (Lipinski definition) is 5. The molecule has 0 fully saturated rings. The first kappa shape index (κ1) is 25.1. The van der Waals surface area contributed by atoms with Gasteiger partial charge in [-0.25, -0.2) is 4.98 Å². The number of imidazole rings is 1. The van der Waals surface area contributed by atoms with Gasteiger partial charge in [-0.1, -0.05) is 90.0 Å². The maximum Gasteiger partial charge on any atom is 0.188 e. The number of nitrogens with two attached hydrogens (primary N) is 1. The third-order valence-corrected chi connectivity index (χ3v) is 8.03. The smallest absolute Gasteiger partial charge is 0.188 e. The van der Waals surface area contributed by atoms with Crippen molar-refractivity contribution in [3.8, 4) is 22.3 Å². The van der Waals surface area contributed by atoms with Gasteiger partial charge in [-0.3, -0.25) is 0 Å². The van der Waals surface area contributed by atoms with Gasteiger partial charge in [0.05, 0.1) is 23.7 Å². The molecular weight excluding hydrogens is 530 g/mol. The Bertz CT molecular complexity index is 2040. The van der Waals surface area contributed by atoms with Crippen LogP contribution in [0.15, 0.2) is 110 Å². The average Bonchev–Trinajstić information content (AvgIpc) is 3.66. The number of fused-ring (bicyclic) bond motifs is 3. The molecule has 0 radical (unpaired) electrons. The van der Waals surface area contributed by atoms with E-state index in [-0.39, 0.29) is 0 Å². The molecule has 7 nitrogen and oxygen atoms in total. The Morgan fingerprint density at radius 3 is 2.29 bits per heavy atom. The minimum Gasteiger partial charge on any atom is -0.336 e. The minimum absolute atomic E-state index is 0.648. The van der Waals surface area contributed by atoms with E-state index in [0.717, 1.165) is 55.5 Å². The van der Waals surface area contributed by atoms with Crippen LogP contribution in [0.5, 0.6) is 0 Å². The van der Waals surface area contributed by atoms with Crippen molar-refractivity contribution in [1.29, 1.82) is 0 Å². The molecule has 1 unspecified atom stereocenters. The fourth-order valence-corrected chi connectivity index (χ4v) is 5.94. The molecule has 7 rings (SSSR count). The highest BCUT2D eigenvalue weighted by atomic mass is 35.5. The van der Waals surface area contributed by atoms with Gasteiger partial charge < -0.3 is 10.3 Å². The molecule has 0 saturated carbocycles. The molecule has 0 bridgehead atoms. The van der Waals surface area contributed by atoms with Crippen LogP contribution in [0.4, 0.5) is 0 Å². The zero-order valence-electron chi connectivity index (χ0n) is 22.5. The molecule has 0 saturated heterocycles. The molecule has 3 heterocycles. The zero-order valence-corrected chi connectivity index (χ0v) is 23.3. The number of rotatable bonds is 5. The number of pyridine rings is 1. The van der Waals surface area contributed by atoms with Crippen LogP contribution in [0.3, 0.4) is 0 Å². The van der Waals surface area contributed by atoms with Crippen LogP contribution < -0.4 is 5.73 Å². The number of aromatic nitrogens is 6. The van der Waals surface area contributed by atoms with Crippen molar-refractivity contribution >= 4 is 28.2 Å². The largest absolute Gasteiger partial charge is 0.336 e. The standard InChI is InChI=1S/C33H26ClN7/c1-21-7-6-10-23(17-21)30-27-18-25(33(35,29-19-36-20-40(29)2)24-11-14-26(34)15-12-24)13-16-28(27)41-32(37-38-39-41)31(30)22-8-4-3-5-9-22/h3-20H,35H2,1-2H3. The van der Waals surface area contributed by atoms with Crippen LogP contribution in [0, 0.1) is 6.92 Å². The van der Waals surface area contributed by atoms with E-state index < -0.39 is 5.54 Å². The Balaban J connectivity index is 1.62. The third-order valence-electron chi connectivity index (χ3n) is 7.78. The van der Waals surface area contributed by atoms with Crippen molar-refractivity contribution in [2.24, 2.45) is 12.8 Å². The number of tetrazole rings is 1. The topological polar surface area (TPSA) is 86.9 Å². The first-order chi connectivity index (χ1) is 19.9. The summed E-state index contributed by atoms with van der Waals surface area (Å²) >= 11 is 6.28. The highest BCUT2D eigenvalue weighted by Gasteiger charge is 2.35. The molecule has 0 aliphatic rings. The maximum atomic E-state index is 7.45. The van der Waals surface area contributed by atoms with Crippen LogP contribution in [0.25, 0.3) is 38.8 Å². The lowest BCUT2D eigenvalue weighted by atomic mass is 9.79. The second-order valence-corrected chi connectivity index (χ2v) is 10.8. The van der Waals surface area contributed by atoms with E-state index in [9.17, 15) is 0 Å². The first-order valence-corrected chi connectivity index (χ1v) is 13.7. The molecule has 3 aromatic heterocycles. The van der Waals surface area contributed by atoms with Crippen molar-refractivity contribution in [3.05, 3.63) is 137 Å². The predicted octanol–water partition coefficient (Wildman–Crippen LogP) is 6.56. The summed E-state index contributed by atoms with van der Waals surface area (Å²) in [6.07, 6.45) is 3.59. The van der Waals surface area contributed by atoms with Gasteiger partial charge in [0.2, 0.25) is 0 Å². The molecule has 2 N–H and O–H groups in total. The number of halogens is 1. The number of aryl methyl sites for hydroxylation is 2. The summed E-state index contributed by atoms with van der Waals surface area (Å²) in [5, 5.41) is 14.6.